The van der Waals surface area contributed by atoms with Gasteiger partial charge in [-0.05, 0) is 32.6 Å². The normalized spacial score (nSPS) is 32.6. The molecule has 2 fully saturated rings. The van der Waals surface area contributed by atoms with Crippen molar-refractivity contribution in [1.82, 2.24) is 10.2 Å². The largest absolute Gasteiger partial charge is 0.338 e. The summed E-state index contributed by atoms with van der Waals surface area (Å²) in [5.74, 6) is 0. The molecule has 2 heterocycles. The molecule has 0 aliphatic carbocycles. The van der Waals surface area contributed by atoms with E-state index in [0.717, 1.165) is 12.8 Å². The quantitative estimate of drug-likeness (QED) is 0.797. The molecule has 6 heteroatoms. The van der Waals surface area contributed by atoms with Crippen LogP contribution in [0.5, 0.6) is 0 Å². The Morgan fingerprint density at radius 2 is 1.82 bits per heavy atom. The van der Waals surface area contributed by atoms with Gasteiger partial charge >= 0.3 is 6.03 Å². The van der Waals surface area contributed by atoms with Gasteiger partial charge in [0.25, 0.3) is 0 Å². The molecule has 0 saturated carbocycles. The Morgan fingerprint density at radius 1 is 1.29 bits per heavy atom. The van der Waals surface area contributed by atoms with Crippen LogP contribution in [0.1, 0.15) is 32.6 Å². The first-order valence-corrected chi connectivity index (χ1v) is 8.14. The molecule has 0 radical (unpaired) electrons. The molecule has 17 heavy (non-hydrogen) atoms. The van der Waals surface area contributed by atoms with Crippen molar-refractivity contribution in [3.8, 4) is 0 Å². The van der Waals surface area contributed by atoms with Crippen molar-refractivity contribution in [3.05, 3.63) is 0 Å². The molecule has 2 aliphatic heterocycles. The minimum absolute atomic E-state index is 0.0352. The number of carbonyl (C=O) groups is 1. The maximum atomic E-state index is 11.9. The molecular weight excluding hydrogens is 240 g/mol. The standard InChI is InChI=1S/C11H20N2O3S/c1-3-12-11(14)13-8-4-5-9(13)7-10(6-8)17(2,15)16/h8-10H,3-7H2,1-2H3,(H,12,14). The number of hydrogen-bond acceptors (Lipinski definition) is 3. The van der Waals surface area contributed by atoms with Crippen LogP contribution in [-0.4, -0.2) is 49.5 Å². The molecule has 5 nitrogen and oxygen atoms in total. The minimum atomic E-state index is -2.97. The van der Waals surface area contributed by atoms with E-state index in [4.69, 9.17) is 0 Å². The second kappa shape index (κ2) is 4.48. The van der Waals surface area contributed by atoms with Crippen LogP contribution in [0.3, 0.4) is 0 Å². The zero-order chi connectivity index (χ0) is 12.6. The Bertz CT molecular complexity index is 393. The van der Waals surface area contributed by atoms with Gasteiger partial charge in [0.05, 0.1) is 5.25 Å². The highest BCUT2D eigenvalue weighted by Crippen LogP contribution is 2.37. The van der Waals surface area contributed by atoms with Crippen molar-refractivity contribution in [3.63, 3.8) is 0 Å². The van der Waals surface area contributed by atoms with Crippen LogP contribution < -0.4 is 5.32 Å². The van der Waals surface area contributed by atoms with Gasteiger partial charge < -0.3 is 10.2 Å². The molecule has 2 bridgehead atoms. The van der Waals surface area contributed by atoms with Crippen molar-refractivity contribution in [2.75, 3.05) is 12.8 Å². The Hall–Kier alpha value is -0.780. The smallest absolute Gasteiger partial charge is 0.317 e. The fourth-order valence-corrected chi connectivity index (χ4v) is 4.19. The molecule has 1 N–H and O–H groups in total. The topological polar surface area (TPSA) is 66.5 Å². The van der Waals surface area contributed by atoms with Gasteiger partial charge in [-0.1, -0.05) is 0 Å². The summed E-state index contributed by atoms with van der Waals surface area (Å²) in [6.07, 6.45) is 4.39. The third-order valence-corrected chi connectivity index (χ3v) is 5.45. The van der Waals surface area contributed by atoms with Crippen molar-refractivity contribution in [2.45, 2.75) is 49.9 Å². The Morgan fingerprint density at radius 3 is 2.24 bits per heavy atom. The van der Waals surface area contributed by atoms with Crippen LogP contribution in [0, 0.1) is 0 Å². The Labute approximate surface area is 102 Å². The second-order valence-corrected chi connectivity index (χ2v) is 7.38. The number of sulfone groups is 1. The summed E-state index contributed by atoms with van der Waals surface area (Å²) in [6.45, 7) is 2.51. The third kappa shape index (κ3) is 2.41. The Balaban J connectivity index is 2.10. The molecule has 2 saturated heterocycles. The van der Waals surface area contributed by atoms with Crippen molar-refractivity contribution in [1.29, 1.82) is 0 Å². The highest BCUT2D eigenvalue weighted by Gasteiger charge is 2.45. The van der Waals surface area contributed by atoms with Crippen LogP contribution in [0.15, 0.2) is 0 Å². The van der Waals surface area contributed by atoms with Gasteiger partial charge in [-0.3, -0.25) is 0 Å². The first-order chi connectivity index (χ1) is 7.93. The average molecular weight is 260 g/mol. The lowest BCUT2D eigenvalue weighted by molar-refractivity contribution is 0.148. The van der Waals surface area contributed by atoms with E-state index in [1.807, 2.05) is 11.8 Å². The maximum Gasteiger partial charge on any atom is 0.317 e. The lowest BCUT2D eigenvalue weighted by atomic mass is 10.0. The third-order valence-electron chi connectivity index (χ3n) is 3.86. The molecule has 0 aromatic carbocycles. The van der Waals surface area contributed by atoms with Gasteiger partial charge in [-0.2, -0.15) is 0 Å². The molecule has 2 rings (SSSR count). The number of rotatable bonds is 2. The van der Waals surface area contributed by atoms with E-state index in [-0.39, 0.29) is 23.4 Å². The molecule has 2 unspecified atom stereocenters. The summed E-state index contributed by atoms with van der Waals surface area (Å²) < 4.78 is 23.2. The van der Waals surface area contributed by atoms with Gasteiger partial charge in [-0.15, -0.1) is 0 Å². The van der Waals surface area contributed by atoms with Crippen LogP contribution in [0.2, 0.25) is 0 Å². The minimum Gasteiger partial charge on any atom is -0.338 e. The fraction of sp³-hybridized carbons (Fsp3) is 0.909. The molecule has 2 aliphatic rings. The molecule has 0 aromatic heterocycles. The second-order valence-electron chi connectivity index (χ2n) is 5.05. The van der Waals surface area contributed by atoms with Crippen LogP contribution in [-0.2, 0) is 9.84 Å². The number of piperidine rings is 1. The van der Waals surface area contributed by atoms with E-state index in [1.165, 1.54) is 6.26 Å². The molecule has 98 valence electrons. The number of fused-ring (bicyclic) bond motifs is 2. The van der Waals surface area contributed by atoms with Gasteiger partial charge in [0.1, 0.15) is 9.84 Å². The monoisotopic (exact) mass is 260 g/mol. The number of urea groups is 1. The first-order valence-electron chi connectivity index (χ1n) is 6.18. The predicted molar refractivity (Wildman–Crippen MR) is 65.6 cm³/mol. The van der Waals surface area contributed by atoms with Gasteiger partial charge in [0.15, 0.2) is 0 Å². The molecule has 2 atom stereocenters. The zero-order valence-corrected chi connectivity index (χ0v) is 11.2. The molecule has 0 aromatic rings. The lowest BCUT2D eigenvalue weighted by Crippen LogP contribution is -2.52. The molecule has 2 amide bonds. The highest BCUT2D eigenvalue weighted by atomic mass is 32.2. The summed E-state index contributed by atoms with van der Waals surface area (Å²) in [5.41, 5.74) is 0. The number of nitrogens with zero attached hydrogens (tertiary/aromatic N) is 1. The SMILES string of the molecule is CCNC(=O)N1C2CCC1CC(S(C)(=O)=O)C2. The van der Waals surface area contributed by atoms with E-state index >= 15 is 0 Å². The summed E-state index contributed by atoms with van der Waals surface area (Å²) in [4.78, 5) is 13.7. The molecular formula is C11H20N2O3S. The van der Waals surface area contributed by atoms with E-state index in [2.05, 4.69) is 5.32 Å². The Kier molecular flexibility index (Phi) is 3.34. The predicted octanol–water partition coefficient (Wildman–Crippen LogP) is 0.756. The van der Waals surface area contributed by atoms with E-state index in [0.29, 0.717) is 19.4 Å². The fourth-order valence-electron chi connectivity index (χ4n) is 3.05. The number of hydrogen-bond donors (Lipinski definition) is 1. The van der Waals surface area contributed by atoms with Gasteiger partial charge in [-0.25, -0.2) is 13.2 Å². The van der Waals surface area contributed by atoms with E-state index in [1.54, 1.807) is 0 Å². The zero-order valence-electron chi connectivity index (χ0n) is 10.3. The van der Waals surface area contributed by atoms with Crippen molar-refractivity contribution < 1.29 is 13.2 Å². The van der Waals surface area contributed by atoms with Crippen LogP contribution in [0.4, 0.5) is 4.79 Å². The lowest BCUT2D eigenvalue weighted by Gasteiger charge is -2.38. The van der Waals surface area contributed by atoms with Gasteiger partial charge in [0, 0.05) is 24.9 Å². The van der Waals surface area contributed by atoms with Crippen molar-refractivity contribution >= 4 is 15.9 Å². The summed E-state index contributed by atoms with van der Waals surface area (Å²) in [6, 6.07) is 0.187. The van der Waals surface area contributed by atoms with E-state index < -0.39 is 9.84 Å². The maximum absolute atomic E-state index is 11.9. The number of carbonyl (C=O) groups excluding carboxylic acids is 1. The summed E-state index contributed by atoms with van der Waals surface area (Å²) in [5, 5.41) is 2.55. The van der Waals surface area contributed by atoms with Crippen LogP contribution in [0.25, 0.3) is 0 Å². The summed E-state index contributed by atoms with van der Waals surface area (Å²) >= 11 is 0. The van der Waals surface area contributed by atoms with Crippen LogP contribution >= 0.6 is 0 Å². The van der Waals surface area contributed by atoms with Gasteiger partial charge in [0.2, 0.25) is 0 Å². The average Bonchev–Trinajstić information content (AvgIpc) is 2.48. The molecule has 0 spiro atoms. The first kappa shape index (κ1) is 12.7. The number of amides is 2. The number of nitrogens with one attached hydrogen (secondary N) is 1. The summed E-state index contributed by atoms with van der Waals surface area (Å²) in [7, 11) is -2.97. The highest BCUT2D eigenvalue weighted by molar-refractivity contribution is 7.91. The van der Waals surface area contributed by atoms with E-state index in [9.17, 15) is 13.2 Å². The van der Waals surface area contributed by atoms with Crippen molar-refractivity contribution in [2.24, 2.45) is 0 Å².